The van der Waals surface area contributed by atoms with Gasteiger partial charge in [0.15, 0.2) is 5.65 Å². The Bertz CT molecular complexity index is 1680. The highest BCUT2D eigenvalue weighted by molar-refractivity contribution is 5.94. The molecule has 0 saturated carbocycles. The van der Waals surface area contributed by atoms with Crippen LogP contribution in [0.4, 0.5) is 10.1 Å². The van der Waals surface area contributed by atoms with Gasteiger partial charge < -0.3 is 14.9 Å². The molecule has 3 saturated heterocycles. The molecular formula is C32H36FN7O3. The van der Waals surface area contributed by atoms with Crippen LogP contribution in [0.1, 0.15) is 42.5 Å². The van der Waals surface area contributed by atoms with Gasteiger partial charge in [-0.15, -0.1) is 0 Å². The van der Waals surface area contributed by atoms with Crippen molar-refractivity contribution >= 4 is 22.6 Å². The van der Waals surface area contributed by atoms with E-state index in [1.54, 1.807) is 9.58 Å². The maximum Gasteiger partial charge on any atom is 0.264 e. The Morgan fingerprint density at radius 2 is 1.70 bits per heavy atom. The van der Waals surface area contributed by atoms with Crippen molar-refractivity contribution in [1.82, 2.24) is 29.1 Å². The fraction of sp³-hybridized carbons (Fsp3) is 0.438. The van der Waals surface area contributed by atoms with Crippen LogP contribution in [-0.4, -0.2) is 91.1 Å². The molecule has 3 aliphatic rings. The van der Waals surface area contributed by atoms with Gasteiger partial charge >= 0.3 is 0 Å². The second kappa shape index (κ2) is 11.2. The van der Waals surface area contributed by atoms with E-state index < -0.39 is 11.4 Å². The van der Waals surface area contributed by atoms with Crippen molar-refractivity contribution in [3.8, 4) is 5.69 Å². The van der Waals surface area contributed by atoms with Gasteiger partial charge in [0, 0.05) is 50.0 Å². The average Bonchev–Trinajstić information content (AvgIpc) is 3.48. The van der Waals surface area contributed by atoms with Crippen LogP contribution in [0.25, 0.3) is 16.7 Å². The van der Waals surface area contributed by atoms with Crippen LogP contribution in [-0.2, 0) is 6.54 Å². The topological polar surface area (TPSA) is 99.7 Å². The van der Waals surface area contributed by atoms with Gasteiger partial charge in [-0.25, -0.2) is 14.1 Å². The number of halogens is 1. The van der Waals surface area contributed by atoms with Crippen LogP contribution in [0.5, 0.6) is 0 Å². The van der Waals surface area contributed by atoms with Gasteiger partial charge in [0.25, 0.3) is 11.5 Å². The highest BCUT2D eigenvalue weighted by atomic mass is 19.1. The minimum absolute atomic E-state index is 0.0709. The molecule has 43 heavy (non-hydrogen) atoms. The molecule has 1 N–H and O–H groups in total. The Labute approximate surface area is 249 Å². The van der Waals surface area contributed by atoms with Gasteiger partial charge in [-0.1, -0.05) is 6.42 Å². The summed E-state index contributed by atoms with van der Waals surface area (Å²) in [6.45, 7) is 5.14. The van der Waals surface area contributed by atoms with E-state index in [0.717, 1.165) is 25.3 Å². The fourth-order valence-corrected chi connectivity index (χ4v) is 6.82. The van der Waals surface area contributed by atoms with Crippen molar-refractivity contribution in [1.29, 1.82) is 0 Å². The van der Waals surface area contributed by atoms with Crippen molar-refractivity contribution in [2.24, 2.45) is 0 Å². The highest BCUT2D eigenvalue weighted by Gasteiger charge is 2.35. The number of rotatable bonds is 5. The number of carbonyl (C=O) groups excluding carboxylic acids is 1. The summed E-state index contributed by atoms with van der Waals surface area (Å²) in [5.41, 5.74) is 1.48. The zero-order valence-electron chi connectivity index (χ0n) is 24.1. The van der Waals surface area contributed by atoms with Gasteiger partial charge in [-0.3, -0.25) is 19.1 Å². The third kappa shape index (κ3) is 5.43. The van der Waals surface area contributed by atoms with E-state index in [1.165, 1.54) is 72.9 Å². The first-order valence-corrected chi connectivity index (χ1v) is 15.2. The lowest BCUT2D eigenvalue weighted by Crippen LogP contribution is -2.54. The molecule has 0 radical (unpaired) electrons. The number of likely N-dealkylation sites (tertiary alicyclic amines) is 1. The smallest absolute Gasteiger partial charge is 0.264 e. The number of piperidine rings is 2. The minimum atomic E-state index is -1.16. The summed E-state index contributed by atoms with van der Waals surface area (Å²) in [5.74, 6) is -0.595. The first-order valence-electron chi connectivity index (χ1n) is 15.2. The standard InChI is InChI=1S/C32H36FN7O3/c33-24-6-4-23(5-7-24)30(41)37-15-12-32(43,13-16-37)21-39-22-34-29-28(31(39)42)19-35-40(29)26-10-8-25(9-11-26)38-18-17-36-14-2-1-3-27(36)20-38/h4-11,19,22,27,43H,1-3,12-18,20-21H2/t27-/m1/s1. The number of nitrogens with zero attached hydrogens (tertiary/aromatic N) is 7. The van der Waals surface area contributed by atoms with E-state index in [0.29, 0.717) is 48.6 Å². The summed E-state index contributed by atoms with van der Waals surface area (Å²) in [6.07, 6.45) is 7.51. The lowest BCUT2D eigenvalue weighted by Gasteiger charge is -2.45. The van der Waals surface area contributed by atoms with E-state index in [9.17, 15) is 19.1 Å². The normalized spacial score (nSPS) is 20.7. The lowest BCUT2D eigenvalue weighted by atomic mass is 9.91. The third-order valence-electron chi connectivity index (χ3n) is 9.39. The molecule has 7 rings (SSSR count). The molecule has 5 heterocycles. The summed E-state index contributed by atoms with van der Waals surface area (Å²) in [4.78, 5) is 37.5. The molecule has 0 bridgehead atoms. The fourth-order valence-electron chi connectivity index (χ4n) is 6.82. The van der Waals surface area contributed by atoms with E-state index in [2.05, 4.69) is 32.0 Å². The van der Waals surface area contributed by atoms with Crippen molar-refractivity contribution in [2.75, 3.05) is 44.2 Å². The van der Waals surface area contributed by atoms with Crippen LogP contribution in [0, 0.1) is 5.82 Å². The van der Waals surface area contributed by atoms with Crippen LogP contribution in [0.3, 0.4) is 0 Å². The molecule has 0 unspecified atom stereocenters. The number of anilines is 1. The molecule has 3 fully saturated rings. The van der Waals surface area contributed by atoms with Crippen LogP contribution >= 0.6 is 0 Å². The Morgan fingerprint density at radius 3 is 2.47 bits per heavy atom. The first-order chi connectivity index (χ1) is 20.9. The summed E-state index contributed by atoms with van der Waals surface area (Å²) in [5, 5.41) is 16.2. The number of aromatic nitrogens is 4. The van der Waals surface area contributed by atoms with Crippen molar-refractivity contribution in [3.63, 3.8) is 0 Å². The van der Waals surface area contributed by atoms with Crippen LogP contribution in [0.2, 0.25) is 0 Å². The van der Waals surface area contributed by atoms with Crippen molar-refractivity contribution in [3.05, 3.63) is 82.8 Å². The molecule has 4 aromatic rings. The number of fused-ring (bicyclic) bond motifs is 2. The Hall–Kier alpha value is -4.09. The summed E-state index contributed by atoms with van der Waals surface area (Å²) < 4.78 is 16.4. The summed E-state index contributed by atoms with van der Waals surface area (Å²) in [6, 6.07) is 14.4. The molecule has 1 atom stereocenters. The van der Waals surface area contributed by atoms with Gasteiger partial charge in [-0.2, -0.15) is 5.10 Å². The van der Waals surface area contributed by atoms with Gasteiger partial charge in [0.2, 0.25) is 0 Å². The molecule has 224 valence electrons. The second-order valence-electron chi connectivity index (χ2n) is 12.1. The first kappa shape index (κ1) is 27.7. The number of hydrogen-bond acceptors (Lipinski definition) is 7. The van der Waals surface area contributed by atoms with Crippen molar-refractivity contribution in [2.45, 2.75) is 50.3 Å². The molecule has 1 amide bonds. The van der Waals surface area contributed by atoms with Gasteiger partial charge in [-0.05, 0) is 80.8 Å². The van der Waals surface area contributed by atoms with Gasteiger partial charge in [0.05, 0.1) is 24.0 Å². The number of carbonyl (C=O) groups is 1. The number of amides is 1. The number of benzene rings is 2. The summed E-state index contributed by atoms with van der Waals surface area (Å²) in [7, 11) is 0. The van der Waals surface area contributed by atoms with Crippen LogP contribution in [0.15, 0.2) is 65.8 Å². The molecule has 10 nitrogen and oxygen atoms in total. The van der Waals surface area contributed by atoms with E-state index in [4.69, 9.17) is 0 Å². The summed E-state index contributed by atoms with van der Waals surface area (Å²) >= 11 is 0. The predicted molar refractivity (Wildman–Crippen MR) is 161 cm³/mol. The largest absolute Gasteiger partial charge is 0.388 e. The second-order valence-corrected chi connectivity index (χ2v) is 12.1. The molecule has 3 aliphatic heterocycles. The molecule has 0 aliphatic carbocycles. The molecule has 0 spiro atoms. The zero-order chi connectivity index (χ0) is 29.6. The zero-order valence-corrected chi connectivity index (χ0v) is 24.1. The minimum Gasteiger partial charge on any atom is -0.388 e. The lowest BCUT2D eigenvalue weighted by molar-refractivity contribution is -0.0299. The quantitative estimate of drug-likeness (QED) is 0.384. The molecular weight excluding hydrogens is 549 g/mol. The average molecular weight is 586 g/mol. The Balaban J connectivity index is 1.03. The Kier molecular flexibility index (Phi) is 7.22. The molecule has 11 heteroatoms. The maximum absolute atomic E-state index is 13.4. The Morgan fingerprint density at radius 1 is 0.953 bits per heavy atom. The number of piperazine rings is 1. The third-order valence-corrected chi connectivity index (χ3v) is 9.39. The van der Waals surface area contributed by atoms with Gasteiger partial charge in [0.1, 0.15) is 17.5 Å². The van der Waals surface area contributed by atoms with Crippen molar-refractivity contribution < 1.29 is 14.3 Å². The maximum atomic E-state index is 13.4. The van der Waals surface area contributed by atoms with E-state index in [1.807, 2.05) is 12.1 Å². The number of hydrogen-bond donors (Lipinski definition) is 1. The highest BCUT2D eigenvalue weighted by Crippen LogP contribution is 2.27. The van der Waals surface area contributed by atoms with E-state index in [-0.39, 0.29) is 18.0 Å². The predicted octanol–water partition coefficient (Wildman–Crippen LogP) is 3.06. The van der Waals surface area contributed by atoms with E-state index >= 15 is 0 Å². The number of aliphatic hydroxyl groups is 1. The molecule has 2 aromatic heterocycles. The molecule has 2 aromatic carbocycles. The monoisotopic (exact) mass is 585 g/mol. The van der Waals surface area contributed by atoms with Crippen LogP contribution < -0.4 is 10.5 Å². The SMILES string of the molecule is O=C(c1ccc(F)cc1)N1CCC(O)(Cn2cnc3c(cnn3-c3ccc(N4CCN5CCCC[C@@H]5C4)cc3)c2=O)CC1.